The number of hydrogen-bond donors (Lipinski definition) is 0. The molecule has 0 rings (SSSR count). The number of allylic oxidation sites excluding steroid dienone is 1. The lowest BCUT2D eigenvalue weighted by molar-refractivity contribution is 0.664. The van der Waals surface area contributed by atoms with Crippen LogP contribution >= 0.6 is 0 Å². The SMILES string of the molecule is CC=C=CCC(C)C. The lowest BCUT2D eigenvalue weighted by atomic mass is 10.1. The van der Waals surface area contributed by atoms with Crippen LogP contribution in [-0.4, -0.2) is 0 Å². The molecular weight excluding hydrogens is 96.1 g/mol. The summed E-state index contributed by atoms with van der Waals surface area (Å²) in [5.41, 5.74) is 3.03. The van der Waals surface area contributed by atoms with Crippen LogP contribution < -0.4 is 0 Å². The molecule has 0 bridgehead atoms. The van der Waals surface area contributed by atoms with Crippen LogP contribution in [0, 0.1) is 5.92 Å². The zero-order valence-corrected chi connectivity index (χ0v) is 5.94. The van der Waals surface area contributed by atoms with E-state index >= 15 is 0 Å². The van der Waals surface area contributed by atoms with Crippen molar-refractivity contribution >= 4 is 0 Å². The molecule has 0 saturated heterocycles. The van der Waals surface area contributed by atoms with Gasteiger partial charge in [0.05, 0.1) is 0 Å². The van der Waals surface area contributed by atoms with Crippen molar-refractivity contribution in [2.75, 3.05) is 0 Å². The Morgan fingerprint density at radius 1 is 1.50 bits per heavy atom. The van der Waals surface area contributed by atoms with Gasteiger partial charge in [0.2, 0.25) is 0 Å². The van der Waals surface area contributed by atoms with Crippen LogP contribution in [0.3, 0.4) is 0 Å². The van der Waals surface area contributed by atoms with Crippen molar-refractivity contribution in [2.24, 2.45) is 5.92 Å². The molecule has 0 aromatic rings. The van der Waals surface area contributed by atoms with Gasteiger partial charge in [-0.05, 0) is 31.4 Å². The van der Waals surface area contributed by atoms with Gasteiger partial charge in [-0.25, -0.2) is 0 Å². The fourth-order valence-corrected chi connectivity index (χ4v) is 0.422. The second-order valence-corrected chi connectivity index (χ2v) is 2.29. The highest BCUT2D eigenvalue weighted by Gasteiger charge is 1.84. The van der Waals surface area contributed by atoms with Gasteiger partial charge in [0, 0.05) is 0 Å². The Bertz CT molecular complexity index is 92.6. The predicted octanol–water partition coefficient (Wildman–Crippen LogP) is 2.76. The molecular formula is C8H14. The van der Waals surface area contributed by atoms with Crippen LogP contribution in [0.15, 0.2) is 17.9 Å². The van der Waals surface area contributed by atoms with E-state index in [0.29, 0.717) is 0 Å². The number of hydrogen-bond acceptors (Lipinski definition) is 0. The maximum Gasteiger partial charge on any atom is -0.0251 e. The maximum absolute atomic E-state index is 3.03. The average Bonchev–Trinajstić information content (AvgIpc) is 1.66. The summed E-state index contributed by atoms with van der Waals surface area (Å²) >= 11 is 0. The van der Waals surface area contributed by atoms with Crippen LogP contribution in [0.25, 0.3) is 0 Å². The maximum atomic E-state index is 3.03. The van der Waals surface area contributed by atoms with Crippen molar-refractivity contribution in [1.29, 1.82) is 0 Å². The average molecular weight is 110 g/mol. The van der Waals surface area contributed by atoms with Crippen molar-refractivity contribution in [2.45, 2.75) is 27.2 Å². The van der Waals surface area contributed by atoms with E-state index < -0.39 is 0 Å². The van der Waals surface area contributed by atoms with Crippen LogP contribution in [-0.2, 0) is 0 Å². The van der Waals surface area contributed by atoms with Gasteiger partial charge in [-0.15, -0.1) is 5.73 Å². The standard InChI is InChI=1S/C8H14/c1-4-5-6-7-8(2)3/h4,6,8H,7H2,1-3H3. The monoisotopic (exact) mass is 110 g/mol. The molecule has 0 radical (unpaired) electrons. The molecule has 0 aromatic carbocycles. The largest absolute Gasteiger partial charge is 0.130 e. The van der Waals surface area contributed by atoms with Gasteiger partial charge in [-0.3, -0.25) is 0 Å². The van der Waals surface area contributed by atoms with Crippen molar-refractivity contribution in [3.8, 4) is 0 Å². The summed E-state index contributed by atoms with van der Waals surface area (Å²) in [6, 6.07) is 0. The smallest absolute Gasteiger partial charge is 0.0251 e. The third-order valence-corrected chi connectivity index (χ3v) is 0.874. The highest BCUT2D eigenvalue weighted by molar-refractivity contribution is 4.82. The van der Waals surface area contributed by atoms with Crippen molar-refractivity contribution in [1.82, 2.24) is 0 Å². The molecule has 0 nitrogen and oxygen atoms in total. The van der Waals surface area contributed by atoms with E-state index in [1.165, 1.54) is 0 Å². The minimum Gasteiger partial charge on any atom is -0.130 e. The third kappa shape index (κ3) is 5.52. The fourth-order valence-electron chi connectivity index (χ4n) is 0.422. The highest BCUT2D eigenvalue weighted by atomic mass is 13.9. The summed E-state index contributed by atoms with van der Waals surface area (Å²) in [6.07, 6.45) is 5.15. The molecule has 0 unspecified atom stereocenters. The van der Waals surface area contributed by atoms with Crippen LogP contribution in [0.5, 0.6) is 0 Å². The molecule has 0 N–H and O–H groups in total. The van der Waals surface area contributed by atoms with Gasteiger partial charge in [0.15, 0.2) is 0 Å². The molecule has 0 amide bonds. The quantitative estimate of drug-likeness (QED) is 0.479. The predicted molar refractivity (Wildman–Crippen MR) is 37.8 cm³/mol. The van der Waals surface area contributed by atoms with Crippen molar-refractivity contribution in [3.63, 3.8) is 0 Å². The zero-order valence-electron chi connectivity index (χ0n) is 5.94. The van der Waals surface area contributed by atoms with E-state index in [0.717, 1.165) is 12.3 Å². The molecule has 0 spiro atoms. The van der Waals surface area contributed by atoms with E-state index in [-0.39, 0.29) is 0 Å². The van der Waals surface area contributed by atoms with Crippen molar-refractivity contribution < 1.29 is 0 Å². The van der Waals surface area contributed by atoms with E-state index in [4.69, 9.17) is 0 Å². The highest BCUT2D eigenvalue weighted by Crippen LogP contribution is 1.97. The van der Waals surface area contributed by atoms with Crippen LogP contribution in [0.2, 0.25) is 0 Å². The lowest BCUT2D eigenvalue weighted by Gasteiger charge is -1.92. The van der Waals surface area contributed by atoms with Crippen LogP contribution in [0.1, 0.15) is 27.2 Å². The topological polar surface area (TPSA) is 0 Å². The van der Waals surface area contributed by atoms with E-state index in [2.05, 4.69) is 25.7 Å². The normalized spacial score (nSPS) is 8.50. The summed E-state index contributed by atoms with van der Waals surface area (Å²) in [5.74, 6) is 0.766. The van der Waals surface area contributed by atoms with E-state index in [9.17, 15) is 0 Å². The summed E-state index contributed by atoms with van der Waals surface area (Å²) in [4.78, 5) is 0. The molecule has 0 fully saturated rings. The van der Waals surface area contributed by atoms with Gasteiger partial charge in [0.25, 0.3) is 0 Å². The first kappa shape index (κ1) is 7.52. The summed E-state index contributed by atoms with van der Waals surface area (Å²) in [6.45, 7) is 6.39. The molecule has 0 heterocycles. The Kier molecular flexibility index (Phi) is 4.39. The molecule has 46 valence electrons. The molecule has 0 aliphatic carbocycles. The zero-order chi connectivity index (χ0) is 6.41. The molecule has 0 aliphatic heterocycles. The van der Waals surface area contributed by atoms with Gasteiger partial charge in [-0.1, -0.05) is 13.8 Å². The van der Waals surface area contributed by atoms with E-state index in [1.54, 1.807) is 0 Å². The Labute approximate surface area is 51.9 Å². The van der Waals surface area contributed by atoms with E-state index in [1.807, 2.05) is 13.0 Å². The summed E-state index contributed by atoms with van der Waals surface area (Å²) in [5, 5.41) is 0. The molecule has 0 aliphatic rings. The Balaban J connectivity index is 3.30. The van der Waals surface area contributed by atoms with Crippen molar-refractivity contribution in [3.05, 3.63) is 17.9 Å². The van der Waals surface area contributed by atoms with Gasteiger partial charge >= 0.3 is 0 Å². The molecule has 0 saturated carbocycles. The minimum atomic E-state index is 0.766. The second kappa shape index (κ2) is 4.67. The minimum absolute atomic E-state index is 0.766. The third-order valence-electron chi connectivity index (χ3n) is 0.874. The lowest BCUT2D eigenvalue weighted by Crippen LogP contribution is -1.79. The first-order chi connectivity index (χ1) is 3.77. The Morgan fingerprint density at radius 2 is 2.12 bits per heavy atom. The summed E-state index contributed by atoms with van der Waals surface area (Å²) in [7, 11) is 0. The van der Waals surface area contributed by atoms with Crippen LogP contribution in [0.4, 0.5) is 0 Å². The van der Waals surface area contributed by atoms with Gasteiger partial charge < -0.3 is 0 Å². The second-order valence-electron chi connectivity index (χ2n) is 2.29. The molecule has 0 atom stereocenters. The Morgan fingerprint density at radius 3 is 2.50 bits per heavy atom. The molecule has 0 heteroatoms. The number of rotatable bonds is 2. The molecule has 0 aromatic heterocycles. The Hall–Kier alpha value is -0.480. The fraction of sp³-hybridized carbons (Fsp3) is 0.625. The van der Waals surface area contributed by atoms with Gasteiger partial charge in [-0.2, -0.15) is 0 Å². The first-order valence-electron chi connectivity index (χ1n) is 3.13. The molecule has 8 heavy (non-hydrogen) atoms. The summed E-state index contributed by atoms with van der Waals surface area (Å²) < 4.78 is 0. The first-order valence-corrected chi connectivity index (χ1v) is 3.13. The van der Waals surface area contributed by atoms with Gasteiger partial charge in [0.1, 0.15) is 0 Å².